The molecule has 1 N–H and O–H groups in total. The molecular weight excluding hydrogens is 319 g/mol. The molecule has 0 spiro atoms. The van der Waals surface area contributed by atoms with Gasteiger partial charge < -0.3 is 9.84 Å². The molecule has 4 heteroatoms. The molecule has 0 bridgehead atoms. The number of aryl methyl sites for hydroxylation is 1. The quantitative estimate of drug-likeness (QED) is 0.609. The average molecular weight is 339 g/mol. The Labute approximate surface area is 141 Å². The van der Waals surface area contributed by atoms with Gasteiger partial charge >= 0.3 is 0 Å². The third kappa shape index (κ3) is 5.43. The van der Waals surface area contributed by atoms with Crippen molar-refractivity contribution in [2.75, 3.05) is 6.61 Å². The molecule has 0 aliphatic rings. The largest absolute Gasteiger partial charge is 0.508 e. The summed E-state index contributed by atoms with van der Waals surface area (Å²) in [6, 6.07) is 13.4. The summed E-state index contributed by atoms with van der Waals surface area (Å²) in [5.41, 5.74) is 1.39. The summed E-state index contributed by atoms with van der Waals surface area (Å²) in [6.45, 7) is 0.579. The molecule has 0 atom stereocenters. The molecule has 118 valence electrons. The number of aromatic hydroxyl groups is 1. The lowest BCUT2D eigenvalue weighted by atomic mass is 10.1. The van der Waals surface area contributed by atoms with E-state index in [0.29, 0.717) is 22.4 Å². The maximum absolute atomic E-state index is 9.36. The van der Waals surface area contributed by atoms with E-state index in [1.165, 1.54) is 30.5 Å². The van der Waals surface area contributed by atoms with E-state index in [-0.39, 0.29) is 5.75 Å². The topological polar surface area (TPSA) is 29.5 Å². The van der Waals surface area contributed by atoms with Gasteiger partial charge in [-0.25, -0.2) is 0 Å². The van der Waals surface area contributed by atoms with Crippen molar-refractivity contribution >= 4 is 23.2 Å². The van der Waals surface area contributed by atoms with E-state index < -0.39 is 0 Å². The number of phenolic OH excluding ortho intramolecular Hbond substituents is 1. The van der Waals surface area contributed by atoms with Gasteiger partial charge in [0.1, 0.15) is 5.75 Å². The first-order valence-electron chi connectivity index (χ1n) is 7.51. The summed E-state index contributed by atoms with van der Waals surface area (Å²) in [5.74, 6) is 0.494. The van der Waals surface area contributed by atoms with Gasteiger partial charge in [0.25, 0.3) is 0 Å². The van der Waals surface area contributed by atoms with Gasteiger partial charge in [-0.3, -0.25) is 0 Å². The van der Waals surface area contributed by atoms with Crippen LogP contribution in [0.4, 0.5) is 0 Å². The number of hydrogen-bond donors (Lipinski definition) is 1. The van der Waals surface area contributed by atoms with Crippen LogP contribution in [-0.2, 0) is 6.42 Å². The molecule has 0 radical (unpaired) electrons. The summed E-state index contributed by atoms with van der Waals surface area (Å²) < 4.78 is 5.61. The first-order chi connectivity index (χ1) is 10.7. The van der Waals surface area contributed by atoms with Crippen LogP contribution in [0.3, 0.4) is 0 Å². The van der Waals surface area contributed by atoms with Gasteiger partial charge in [-0.05, 0) is 24.8 Å². The Morgan fingerprint density at radius 1 is 0.864 bits per heavy atom. The Hall–Kier alpha value is -1.38. The van der Waals surface area contributed by atoms with Crippen LogP contribution in [0.15, 0.2) is 42.5 Å². The number of rotatable bonds is 8. The summed E-state index contributed by atoms with van der Waals surface area (Å²) in [6.07, 6.45) is 5.56. The summed E-state index contributed by atoms with van der Waals surface area (Å²) in [5, 5.41) is 10.0. The normalized spacial score (nSPS) is 10.6. The Morgan fingerprint density at radius 2 is 1.50 bits per heavy atom. The van der Waals surface area contributed by atoms with Gasteiger partial charge in [0, 0.05) is 12.1 Å². The third-order valence-corrected chi connectivity index (χ3v) is 3.99. The smallest absolute Gasteiger partial charge is 0.156 e. The fourth-order valence-electron chi connectivity index (χ4n) is 2.29. The molecule has 2 aromatic carbocycles. The van der Waals surface area contributed by atoms with Crippen molar-refractivity contribution in [1.29, 1.82) is 0 Å². The lowest BCUT2D eigenvalue weighted by molar-refractivity contribution is 0.304. The third-order valence-electron chi connectivity index (χ3n) is 3.43. The number of unbranched alkanes of at least 4 members (excludes halogenated alkanes) is 3. The first kappa shape index (κ1) is 17.0. The highest BCUT2D eigenvalue weighted by molar-refractivity contribution is 6.37. The molecule has 2 nitrogen and oxygen atoms in total. The predicted molar refractivity (Wildman–Crippen MR) is 92.2 cm³/mol. The number of ether oxygens (including phenoxy) is 1. The van der Waals surface area contributed by atoms with Crippen LogP contribution in [0.1, 0.15) is 31.2 Å². The Kier molecular flexibility index (Phi) is 6.88. The van der Waals surface area contributed by atoms with Crippen molar-refractivity contribution in [3.8, 4) is 11.5 Å². The lowest BCUT2D eigenvalue weighted by Crippen LogP contribution is -1.98. The van der Waals surface area contributed by atoms with Crippen LogP contribution < -0.4 is 4.74 Å². The highest BCUT2D eigenvalue weighted by Gasteiger charge is 2.09. The minimum Gasteiger partial charge on any atom is -0.508 e. The molecule has 0 aromatic heterocycles. The molecule has 22 heavy (non-hydrogen) atoms. The summed E-state index contributed by atoms with van der Waals surface area (Å²) >= 11 is 12.0. The van der Waals surface area contributed by atoms with Crippen LogP contribution in [0, 0.1) is 0 Å². The van der Waals surface area contributed by atoms with Gasteiger partial charge in [-0.2, -0.15) is 0 Å². The maximum Gasteiger partial charge on any atom is 0.156 e. The summed E-state index contributed by atoms with van der Waals surface area (Å²) in [7, 11) is 0. The molecule has 2 aromatic rings. The summed E-state index contributed by atoms with van der Waals surface area (Å²) in [4.78, 5) is 0. The van der Waals surface area contributed by atoms with Crippen molar-refractivity contribution < 1.29 is 9.84 Å². The van der Waals surface area contributed by atoms with Gasteiger partial charge in [-0.15, -0.1) is 0 Å². The van der Waals surface area contributed by atoms with E-state index in [2.05, 4.69) is 24.3 Å². The van der Waals surface area contributed by atoms with Crippen molar-refractivity contribution in [1.82, 2.24) is 0 Å². The molecular formula is C18H20Cl2O2. The molecule has 2 rings (SSSR count). The van der Waals surface area contributed by atoms with Crippen LogP contribution in [0.2, 0.25) is 10.0 Å². The van der Waals surface area contributed by atoms with Crippen molar-refractivity contribution in [3.63, 3.8) is 0 Å². The van der Waals surface area contributed by atoms with Crippen molar-refractivity contribution in [2.24, 2.45) is 0 Å². The van der Waals surface area contributed by atoms with E-state index in [9.17, 15) is 5.11 Å². The van der Waals surface area contributed by atoms with Gasteiger partial charge in [0.2, 0.25) is 0 Å². The second-order valence-electron chi connectivity index (χ2n) is 5.24. The van der Waals surface area contributed by atoms with Gasteiger partial charge in [-0.1, -0.05) is 66.4 Å². The zero-order chi connectivity index (χ0) is 15.8. The first-order valence-corrected chi connectivity index (χ1v) is 8.27. The molecule has 0 saturated carbocycles. The highest BCUT2D eigenvalue weighted by Crippen LogP contribution is 2.36. The molecule has 0 amide bonds. The van der Waals surface area contributed by atoms with Gasteiger partial charge in [0.15, 0.2) is 5.75 Å². The second-order valence-corrected chi connectivity index (χ2v) is 6.05. The van der Waals surface area contributed by atoms with E-state index in [1.807, 2.05) is 6.07 Å². The average Bonchev–Trinajstić information content (AvgIpc) is 2.49. The van der Waals surface area contributed by atoms with Crippen LogP contribution >= 0.6 is 23.2 Å². The molecule has 0 fully saturated rings. The maximum atomic E-state index is 9.36. The monoisotopic (exact) mass is 338 g/mol. The Bertz CT molecular complexity index is 562. The van der Waals surface area contributed by atoms with Crippen molar-refractivity contribution in [2.45, 2.75) is 32.1 Å². The lowest BCUT2D eigenvalue weighted by Gasteiger charge is -2.10. The Balaban J connectivity index is 1.62. The number of hydrogen-bond acceptors (Lipinski definition) is 2. The zero-order valence-corrected chi connectivity index (χ0v) is 13.9. The van der Waals surface area contributed by atoms with E-state index >= 15 is 0 Å². The number of halogens is 2. The number of phenols is 1. The molecule has 0 saturated heterocycles. The minimum absolute atomic E-state index is 0.0447. The fraction of sp³-hybridized carbons (Fsp3) is 0.333. The van der Waals surface area contributed by atoms with Crippen molar-refractivity contribution in [3.05, 3.63) is 58.1 Å². The van der Waals surface area contributed by atoms with E-state index in [1.54, 1.807) is 0 Å². The van der Waals surface area contributed by atoms with Gasteiger partial charge in [0.05, 0.1) is 16.7 Å². The fourth-order valence-corrected chi connectivity index (χ4v) is 2.87. The van der Waals surface area contributed by atoms with E-state index in [4.69, 9.17) is 27.9 Å². The molecule has 0 unspecified atom stereocenters. The standard InChI is InChI=1S/C18H20Cl2O2/c19-16-12-15(21)13-17(20)18(16)22-11-7-2-1-4-8-14-9-5-3-6-10-14/h3,5-6,9-10,12-13,21H,1-2,4,7-8,11H2. The molecule has 0 heterocycles. The molecule has 0 aliphatic carbocycles. The van der Waals surface area contributed by atoms with Crippen LogP contribution in [0.5, 0.6) is 11.5 Å². The predicted octanol–water partition coefficient (Wildman–Crippen LogP) is 5.88. The second kappa shape index (κ2) is 8.92. The van der Waals surface area contributed by atoms with Crippen LogP contribution in [0.25, 0.3) is 0 Å². The minimum atomic E-state index is 0.0447. The SMILES string of the molecule is Oc1cc(Cl)c(OCCCCCCc2ccccc2)c(Cl)c1. The molecule has 0 aliphatic heterocycles. The Morgan fingerprint density at radius 3 is 2.18 bits per heavy atom. The zero-order valence-electron chi connectivity index (χ0n) is 12.4. The highest BCUT2D eigenvalue weighted by atomic mass is 35.5. The van der Waals surface area contributed by atoms with E-state index in [0.717, 1.165) is 19.3 Å². The van der Waals surface area contributed by atoms with Crippen LogP contribution in [-0.4, -0.2) is 11.7 Å². The number of benzene rings is 2.